The van der Waals surface area contributed by atoms with Crippen molar-refractivity contribution < 1.29 is 0 Å². The van der Waals surface area contributed by atoms with Crippen LogP contribution >= 0.6 is 49.6 Å². The summed E-state index contributed by atoms with van der Waals surface area (Å²) in [6, 6.07) is 18.1. The molecule has 0 unspecified atom stereocenters. The Kier molecular flexibility index (Phi) is 13.4. The van der Waals surface area contributed by atoms with Crippen molar-refractivity contribution >= 4 is 55.3 Å². The van der Waals surface area contributed by atoms with Crippen molar-refractivity contribution in [1.29, 1.82) is 0 Å². The molecule has 2 aromatic carbocycles. The van der Waals surface area contributed by atoms with Gasteiger partial charge in [0.1, 0.15) is 0 Å². The van der Waals surface area contributed by atoms with Gasteiger partial charge < -0.3 is 5.73 Å². The predicted octanol–water partition coefficient (Wildman–Crippen LogP) is 4.62. The molecule has 96 valence electrons. The third-order valence-corrected chi connectivity index (χ3v) is 2.05. The van der Waals surface area contributed by atoms with Gasteiger partial charge in [-0.15, -0.1) is 49.6 Å². The molecule has 0 aliphatic heterocycles. The summed E-state index contributed by atoms with van der Waals surface area (Å²) in [6.07, 6.45) is 0. The molecule has 0 aliphatic rings. The SMILES string of the molecule is Cl.Cl.Cl.Cl.Nc1ccccc1-c1ccccc1. The average Bonchev–Trinajstić information content (AvgIpc) is 2.20. The lowest BCUT2D eigenvalue weighted by molar-refractivity contribution is 1.61. The van der Waals surface area contributed by atoms with Crippen LogP contribution in [-0.2, 0) is 0 Å². The van der Waals surface area contributed by atoms with Crippen LogP contribution in [0.2, 0.25) is 0 Å². The first-order chi connectivity index (χ1) is 6.38. The van der Waals surface area contributed by atoms with E-state index in [1.165, 1.54) is 5.56 Å². The van der Waals surface area contributed by atoms with Crippen LogP contribution in [-0.4, -0.2) is 0 Å². The molecular weight excluding hydrogens is 300 g/mol. The zero-order chi connectivity index (χ0) is 9.10. The Morgan fingerprint density at radius 2 is 1.06 bits per heavy atom. The average molecular weight is 315 g/mol. The van der Waals surface area contributed by atoms with Crippen molar-refractivity contribution in [2.24, 2.45) is 0 Å². The van der Waals surface area contributed by atoms with Crippen LogP contribution in [0.4, 0.5) is 5.69 Å². The fourth-order valence-electron chi connectivity index (χ4n) is 1.38. The Hall–Kier alpha value is -0.600. The van der Waals surface area contributed by atoms with Gasteiger partial charge in [-0.2, -0.15) is 0 Å². The minimum Gasteiger partial charge on any atom is -0.398 e. The Balaban J connectivity index is -0.000000490. The number of hydrogen-bond donors (Lipinski definition) is 1. The fourth-order valence-corrected chi connectivity index (χ4v) is 1.38. The van der Waals surface area contributed by atoms with E-state index in [0.29, 0.717) is 0 Å². The number of hydrogen-bond acceptors (Lipinski definition) is 1. The normalized spacial score (nSPS) is 7.53. The molecule has 2 rings (SSSR count). The molecule has 0 spiro atoms. The van der Waals surface area contributed by atoms with Crippen LogP contribution in [0.25, 0.3) is 11.1 Å². The molecule has 0 aliphatic carbocycles. The maximum atomic E-state index is 5.85. The lowest BCUT2D eigenvalue weighted by atomic mass is 10.0. The van der Waals surface area contributed by atoms with Crippen LogP contribution in [0.5, 0.6) is 0 Å². The lowest BCUT2D eigenvalue weighted by Gasteiger charge is -2.03. The molecule has 0 saturated heterocycles. The molecule has 2 aromatic rings. The number of rotatable bonds is 1. The molecule has 0 saturated carbocycles. The Labute approximate surface area is 126 Å². The van der Waals surface area contributed by atoms with Gasteiger partial charge in [-0.25, -0.2) is 0 Å². The van der Waals surface area contributed by atoms with Crippen LogP contribution in [0, 0.1) is 0 Å². The summed E-state index contributed by atoms with van der Waals surface area (Å²) in [7, 11) is 0. The van der Waals surface area contributed by atoms with Crippen LogP contribution < -0.4 is 5.73 Å². The van der Waals surface area contributed by atoms with E-state index < -0.39 is 0 Å². The topological polar surface area (TPSA) is 26.0 Å². The second-order valence-electron chi connectivity index (χ2n) is 2.95. The highest BCUT2D eigenvalue weighted by molar-refractivity contribution is 5.86. The number of nitrogen functional groups attached to an aromatic ring is 1. The van der Waals surface area contributed by atoms with Gasteiger partial charge in [-0.3, -0.25) is 0 Å². The van der Waals surface area contributed by atoms with Gasteiger partial charge in [-0.05, 0) is 11.6 Å². The van der Waals surface area contributed by atoms with E-state index >= 15 is 0 Å². The van der Waals surface area contributed by atoms with Crippen LogP contribution in [0.1, 0.15) is 0 Å². The van der Waals surface area contributed by atoms with E-state index in [9.17, 15) is 0 Å². The second kappa shape index (κ2) is 10.5. The minimum atomic E-state index is 0. The van der Waals surface area contributed by atoms with Crippen LogP contribution in [0.15, 0.2) is 54.6 Å². The molecule has 17 heavy (non-hydrogen) atoms. The van der Waals surface area contributed by atoms with Gasteiger partial charge in [-0.1, -0.05) is 48.5 Å². The predicted molar refractivity (Wildman–Crippen MR) is 85.3 cm³/mol. The lowest BCUT2D eigenvalue weighted by Crippen LogP contribution is -1.88. The first-order valence-corrected chi connectivity index (χ1v) is 4.28. The summed E-state index contributed by atoms with van der Waals surface area (Å²) in [6.45, 7) is 0. The highest BCUT2D eigenvalue weighted by atomic mass is 35.5. The van der Waals surface area contributed by atoms with E-state index in [0.717, 1.165) is 11.3 Å². The van der Waals surface area contributed by atoms with Gasteiger partial charge >= 0.3 is 0 Å². The molecule has 0 atom stereocenters. The molecule has 0 fully saturated rings. The smallest absolute Gasteiger partial charge is 0.0393 e. The first-order valence-electron chi connectivity index (χ1n) is 4.28. The summed E-state index contributed by atoms with van der Waals surface area (Å²) in [5, 5.41) is 0. The standard InChI is InChI=1S/C12H11N.4ClH/c13-12-9-5-4-8-11(12)10-6-2-1-3-7-10;;;;/h1-9H,13H2;4*1H. The fraction of sp³-hybridized carbons (Fsp3) is 0. The summed E-state index contributed by atoms with van der Waals surface area (Å²) in [5.41, 5.74) is 8.95. The quantitative estimate of drug-likeness (QED) is 0.763. The van der Waals surface area contributed by atoms with Gasteiger partial charge in [0.25, 0.3) is 0 Å². The monoisotopic (exact) mass is 313 g/mol. The summed E-state index contributed by atoms with van der Waals surface area (Å²) < 4.78 is 0. The van der Waals surface area contributed by atoms with Gasteiger partial charge in [0.15, 0.2) is 0 Å². The highest BCUT2D eigenvalue weighted by Gasteiger charge is 1.98. The van der Waals surface area contributed by atoms with Gasteiger partial charge in [0.2, 0.25) is 0 Å². The van der Waals surface area contributed by atoms with Gasteiger partial charge in [0, 0.05) is 11.3 Å². The van der Waals surface area contributed by atoms with Gasteiger partial charge in [0.05, 0.1) is 0 Å². The number of benzene rings is 2. The molecule has 0 heterocycles. The molecule has 0 radical (unpaired) electrons. The molecular formula is C12H15Cl4N. The largest absolute Gasteiger partial charge is 0.398 e. The molecule has 2 N–H and O–H groups in total. The summed E-state index contributed by atoms with van der Waals surface area (Å²) >= 11 is 0. The number of anilines is 1. The maximum absolute atomic E-state index is 5.85. The first kappa shape index (κ1) is 21.7. The zero-order valence-corrected chi connectivity index (χ0v) is 12.2. The van der Waals surface area contributed by atoms with Crippen molar-refractivity contribution in [1.82, 2.24) is 0 Å². The Morgan fingerprint density at radius 1 is 0.588 bits per heavy atom. The molecule has 0 bridgehead atoms. The van der Waals surface area contributed by atoms with E-state index in [4.69, 9.17) is 5.73 Å². The van der Waals surface area contributed by atoms with Crippen molar-refractivity contribution in [3.05, 3.63) is 54.6 Å². The maximum Gasteiger partial charge on any atom is 0.0393 e. The van der Waals surface area contributed by atoms with E-state index in [2.05, 4.69) is 12.1 Å². The minimum absolute atomic E-state index is 0. The number of halogens is 4. The van der Waals surface area contributed by atoms with Crippen molar-refractivity contribution in [3.8, 4) is 11.1 Å². The number of para-hydroxylation sites is 1. The molecule has 0 amide bonds. The van der Waals surface area contributed by atoms with Crippen molar-refractivity contribution in [3.63, 3.8) is 0 Å². The Bertz CT molecular complexity index is 406. The van der Waals surface area contributed by atoms with E-state index in [1.807, 2.05) is 42.5 Å². The number of nitrogens with two attached hydrogens (primary N) is 1. The second-order valence-corrected chi connectivity index (χ2v) is 2.95. The molecule has 1 nitrogen and oxygen atoms in total. The van der Waals surface area contributed by atoms with Crippen LogP contribution in [0.3, 0.4) is 0 Å². The summed E-state index contributed by atoms with van der Waals surface area (Å²) in [5.74, 6) is 0. The molecule has 5 heteroatoms. The Morgan fingerprint density at radius 3 is 1.59 bits per heavy atom. The molecule has 0 aromatic heterocycles. The van der Waals surface area contributed by atoms with E-state index in [-0.39, 0.29) is 49.6 Å². The highest BCUT2D eigenvalue weighted by Crippen LogP contribution is 2.24. The zero-order valence-electron chi connectivity index (χ0n) is 8.91. The van der Waals surface area contributed by atoms with Crippen molar-refractivity contribution in [2.75, 3.05) is 5.73 Å². The summed E-state index contributed by atoms with van der Waals surface area (Å²) in [4.78, 5) is 0. The van der Waals surface area contributed by atoms with Crippen molar-refractivity contribution in [2.45, 2.75) is 0 Å². The van der Waals surface area contributed by atoms with E-state index in [1.54, 1.807) is 0 Å². The third kappa shape index (κ3) is 5.51. The third-order valence-electron chi connectivity index (χ3n) is 2.05.